The van der Waals surface area contributed by atoms with E-state index in [1.165, 1.54) is 11.3 Å². The smallest absolute Gasteiger partial charge is 0.247 e. The number of carbonyl (C=O) groups excluding carboxylic acids is 1. The molecule has 1 unspecified atom stereocenters. The van der Waals surface area contributed by atoms with E-state index < -0.39 is 0 Å². The van der Waals surface area contributed by atoms with Crippen molar-refractivity contribution in [1.82, 2.24) is 10.2 Å². The van der Waals surface area contributed by atoms with Crippen LogP contribution in [-0.4, -0.2) is 57.8 Å². The van der Waals surface area contributed by atoms with Crippen molar-refractivity contribution in [1.29, 1.82) is 0 Å². The number of benzene rings is 1. The second kappa shape index (κ2) is 9.87. The van der Waals surface area contributed by atoms with E-state index in [-0.39, 0.29) is 11.9 Å². The fourth-order valence-electron chi connectivity index (χ4n) is 3.32. The van der Waals surface area contributed by atoms with E-state index in [2.05, 4.69) is 39.4 Å². The van der Waals surface area contributed by atoms with Gasteiger partial charge in [-0.2, -0.15) is 0 Å². The van der Waals surface area contributed by atoms with Crippen LogP contribution >= 0.6 is 11.3 Å². The van der Waals surface area contributed by atoms with E-state index >= 15 is 0 Å². The summed E-state index contributed by atoms with van der Waals surface area (Å²) in [6, 6.07) is 12.7. The van der Waals surface area contributed by atoms with E-state index in [4.69, 9.17) is 4.74 Å². The van der Waals surface area contributed by atoms with E-state index in [0.717, 1.165) is 36.8 Å². The maximum atomic E-state index is 12.6. The van der Waals surface area contributed by atoms with Crippen LogP contribution in [0.15, 0.2) is 47.4 Å². The van der Waals surface area contributed by atoms with E-state index in [0.29, 0.717) is 6.54 Å². The minimum atomic E-state index is -0.0171. The van der Waals surface area contributed by atoms with Gasteiger partial charge in [-0.05, 0) is 42.1 Å². The maximum Gasteiger partial charge on any atom is 0.247 e. The first-order valence-electron chi connectivity index (χ1n) is 9.63. The number of hydrogen-bond donors (Lipinski definition) is 1. The summed E-state index contributed by atoms with van der Waals surface area (Å²) < 4.78 is 5.52. The van der Waals surface area contributed by atoms with Crippen LogP contribution in [0.1, 0.15) is 23.4 Å². The Kier molecular flexibility index (Phi) is 7.25. The fraction of sp³-hybridized carbons (Fsp3) is 0.409. The van der Waals surface area contributed by atoms with Crippen LogP contribution in [0.5, 0.6) is 0 Å². The van der Waals surface area contributed by atoms with Gasteiger partial charge in [0.15, 0.2) is 0 Å². The van der Waals surface area contributed by atoms with Gasteiger partial charge in [0.25, 0.3) is 0 Å². The predicted molar refractivity (Wildman–Crippen MR) is 117 cm³/mol. The minimum absolute atomic E-state index is 0.0171. The zero-order valence-electron chi connectivity index (χ0n) is 16.9. The molecule has 5 nitrogen and oxygen atoms in total. The molecule has 1 amide bonds. The van der Waals surface area contributed by atoms with Crippen LogP contribution in [0.3, 0.4) is 0 Å². The van der Waals surface area contributed by atoms with Crippen molar-refractivity contribution in [2.45, 2.75) is 13.0 Å². The molecule has 1 fully saturated rings. The molecule has 0 spiro atoms. The molecular formula is C22H29N3O2S. The molecule has 2 aromatic rings. The van der Waals surface area contributed by atoms with Gasteiger partial charge in [-0.1, -0.05) is 18.2 Å². The third-order valence-corrected chi connectivity index (χ3v) is 5.82. The summed E-state index contributed by atoms with van der Waals surface area (Å²) in [7, 11) is 4.08. The van der Waals surface area contributed by atoms with Crippen molar-refractivity contribution in [3.05, 3.63) is 57.8 Å². The number of nitrogens with zero attached hydrogens (tertiary/aromatic N) is 2. The van der Waals surface area contributed by atoms with Gasteiger partial charge >= 0.3 is 0 Å². The lowest BCUT2D eigenvalue weighted by atomic mass is 10.0. The van der Waals surface area contributed by atoms with Gasteiger partial charge in [-0.15, -0.1) is 11.3 Å². The van der Waals surface area contributed by atoms with Crippen molar-refractivity contribution >= 4 is 29.0 Å². The second-order valence-electron chi connectivity index (χ2n) is 7.20. The molecule has 1 atom stereocenters. The van der Waals surface area contributed by atoms with Gasteiger partial charge < -0.3 is 15.0 Å². The van der Waals surface area contributed by atoms with Crippen molar-refractivity contribution in [2.75, 3.05) is 51.8 Å². The van der Waals surface area contributed by atoms with E-state index in [1.807, 2.05) is 44.6 Å². The van der Waals surface area contributed by atoms with Gasteiger partial charge in [0.2, 0.25) is 5.91 Å². The molecule has 1 aliphatic rings. The van der Waals surface area contributed by atoms with Crippen LogP contribution in [-0.2, 0) is 9.53 Å². The normalized spacial score (nSPS) is 16.6. The Morgan fingerprint density at radius 3 is 2.57 bits per heavy atom. The second-order valence-corrected chi connectivity index (χ2v) is 8.18. The van der Waals surface area contributed by atoms with Gasteiger partial charge in [0.05, 0.1) is 19.3 Å². The predicted octanol–water partition coefficient (Wildman–Crippen LogP) is 3.41. The standard InChI is InChI=1S/C22H29N3O2S/c1-17(15-20-5-4-14-28-20)22(26)23-16-21(25-10-12-27-13-11-25)18-6-8-19(9-7-18)24(2)3/h4-9,14-15,21H,10-13,16H2,1-3H3,(H,23,26)/b17-15+. The van der Waals surface area contributed by atoms with Crippen molar-refractivity contribution in [3.63, 3.8) is 0 Å². The molecule has 0 aliphatic carbocycles. The summed E-state index contributed by atoms with van der Waals surface area (Å²) in [5.74, 6) is -0.0171. The number of nitrogens with one attached hydrogen (secondary N) is 1. The molecule has 28 heavy (non-hydrogen) atoms. The lowest BCUT2D eigenvalue weighted by Gasteiger charge is -2.35. The van der Waals surface area contributed by atoms with Crippen molar-refractivity contribution < 1.29 is 9.53 Å². The zero-order valence-corrected chi connectivity index (χ0v) is 17.7. The number of morpholine rings is 1. The van der Waals surface area contributed by atoms with E-state index in [9.17, 15) is 4.79 Å². The topological polar surface area (TPSA) is 44.8 Å². The van der Waals surface area contributed by atoms with Gasteiger partial charge in [0.1, 0.15) is 0 Å². The first-order valence-corrected chi connectivity index (χ1v) is 10.5. The Balaban J connectivity index is 1.71. The van der Waals surface area contributed by atoms with Crippen molar-refractivity contribution in [2.24, 2.45) is 0 Å². The summed E-state index contributed by atoms with van der Waals surface area (Å²) in [5, 5.41) is 5.15. The molecule has 1 N–H and O–H groups in total. The highest BCUT2D eigenvalue weighted by atomic mass is 32.1. The summed E-state index contributed by atoms with van der Waals surface area (Å²) in [6.07, 6.45) is 1.94. The molecule has 6 heteroatoms. The first-order chi connectivity index (χ1) is 13.5. The lowest BCUT2D eigenvalue weighted by molar-refractivity contribution is -0.117. The van der Waals surface area contributed by atoms with Crippen LogP contribution in [0.4, 0.5) is 5.69 Å². The van der Waals surface area contributed by atoms with Gasteiger partial charge in [-0.3, -0.25) is 9.69 Å². The first kappa shape index (κ1) is 20.6. The number of thiophene rings is 1. The highest BCUT2D eigenvalue weighted by molar-refractivity contribution is 7.10. The molecular weight excluding hydrogens is 370 g/mol. The summed E-state index contributed by atoms with van der Waals surface area (Å²) in [6.45, 7) is 5.66. The molecule has 0 saturated carbocycles. The number of hydrogen-bond acceptors (Lipinski definition) is 5. The van der Waals surface area contributed by atoms with Crippen LogP contribution in [0.25, 0.3) is 6.08 Å². The quantitative estimate of drug-likeness (QED) is 0.725. The maximum absolute atomic E-state index is 12.6. The molecule has 1 aromatic heterocycles. The number of rotatable bonds is 7. The molecule has 0 radical (unpaired) electrons. The van der Waals surface area contributed by atoms with Gasteiger partial charge in [-0.25, -0.2) is 0 Å². The Hall–Kier alpha value is -2.15. The Bertz CT molecular complexity index is 779. The SMILES string of the molecule is C/C(=C\c1cccs1)C(=O)NCC(c1ccc(N(C)C)cc1)N1CCOCC1. The summed E-state index contributed by atoms with van der Waals surface area (Å²) >= 11 is 1.63. The zero-order chi connectivity index (χ0) is 19.9. The van der Waals surface area contributed by atoms with Crippen LogP contribution in [0.2, 0.25) is 0 Å². The van der Waals surface area contributed by atoms with Crippen LogP contribution in [0, 0.1) is 0 Å². The summed E-state index contributed by atoms with van der Waals surface area (Å²) in [5.41, 5.74) is 3.11. The monoisotopic (exact) mass is 399 g/mol. The third-order valence-electron chi connectivity index (χ3n) is 5.00. The molecule has 1 saturated heterocycles. The molecule has 3 rings (SSSR count). The van der Waals surface area contributed by atoms with Gasteiger partial charge in [0, 0.05) is 49.9 Å². The average Bonchev–Trinajstić information content (AvgIpc) is 3.22. The lowest BCUT2D eigenvalue weighted by Crippen LogP contribution is -2.44. The largest absolute Gasteiger partial charge is 0.379 e. The molecule has 150 valence electrons. The minimum Gasteiger partial charge on any atom is -0.379 e. The number of anilines is 1. The molecule has 2 heterocycles. The molecule has 1 aliphatic heterocycles. The van der Waals surface area contributed by atoms with Crippen LogP contribution < -0.4 is 10.2 Å². The Labute approximate surface area is 171 Å². The molecule has 1 aromatic carbocycles. The van der Waals surface area contributed by atoms with E-state index in [1.54, 1.807) is 11.3 Å². The highest BCUT2D eigenvalue weighted by Gasteiger charge is 2.23. The number of ether oxygens (including phenoxy) is 1. The molecule has 0 bridgehead atoms. The number of carbonyl (C=O) groups is 1. The van der Waals surface area contributed by atoms with Crippen molar-refractivity contribution in [3.8, 4) is 0 Å². The highest BCUT2D eigenvalue weighted by Crippen LogP contribution is 2.24. The summed E-state index contributed by atoms with van der Waals surface area (Å²) in [4.78, 5) is 18.2. The Morgan fingerprint density at radius 1 is 1.25 bits per heavy atom. The fourth-order valence-corrected chi connectivity index (χ4v) is 4.04. The Morgan fingerprint density at radius 2 is 1.96 bits per heavy atom. The number of amides is 1. The third kappa shape index (κ3) is 5.44. The average molecular weight is 400 g/mol.